The van der Waals surface area contributed by atoms with Crippen molar-refractivity contribution < 1.29 is 26.0 Å². The van der Waals surface area contributed by atoms with Crippen molar-refractivity contribution in [3.8, 4) is 11.3 Å². The van der Waals surface area contributed by atoms with E-state index in [0.717, 1.165) is 6.07 Å². The number of piperazine rings is 1. The van der Waals surface area contributed by atoms with E-state index in [-0.39, 0.29) is 23.9 Å². The van der Waals surface area contributed by atoms with Crippen molar-refractivity contribution in [1.82, 2.24) is 15.0 Å². The van der Waals surface area contributed by atoms with Crippen LogP contribution < -0.4 is 14.7 Å². The molecule has 2 aliphatic rings. The summed E-state index contributed by atoms with van der Waals surface area (Å²) in [7, 11) is -3.16. The lowest BCUT2D eigenvalue weighted by molar-refractivity contribution is -0.137. The third-order valence-corrected chi connectivity index (χ3v) is 9.21. The summed E-state index contributed by atoms with van der Waals surface area (Å²) >= 11 is 6.03. The number of hydrogen-bond donors (Lipinski definition) is 0. The number of anilines is 3. The number of alkyl halides is 3. The van der Waals surface area contributed by atoms with Crippen LogP contribution in [0.5, 0.6) is 0 Å². The number of pyridine rings is 1. The molecule has 8 nitrogen and oxygen atoms in total. The second-order valence-electron chi connectivity index (χ2n) is 9.90. The predicted molar refractivity (Wildman–Crippen MR) is 146 cm³/mol. The van der Waals surface area contributed by atoms with Crippen LogP contribution in [0.15, 0.2) is 42.6 Å². The number of hydrogen-bond acceptors (Lipinski definition) is 8. The zero-order chi connectivity index (χ0) is 28.7. The highest BCUT2D eigenvalue weighted by Gasteiger charge is 2.36. The molecule has 0 saturated carbocycles. The van der Waals surface area contributed by atoms with Gasteiger partial charge < -0.3 is 14.7 Å². The van der Waals surface area contributed by atoms with Crippen LogP contribution in [-0.4, -0.2) is 74.1 Å². The largest absolute Gasteiger partial charge is 0.419 e. The van der Waals surface area contributed by atoms with Crippen molar-refractivity contribution in [1.29, 1.82) is 0 Å². The molecule has 0 N–H and O–H groups in total. The Balaban J connectivity index is 1.42. The van der Waals surface area contributed by atoms with E-state index in [1.165, 1.54) is 30.7 Å². The molecule has 4 heterocycles. The number of aromatic nitrogens is 3. The van der Waals surface area contributed by atoms with Crippen molar-refractivity contribution in [2.24, 2.45) is 0 Å². The quantitative estimate of drug-likeness (QED) is 0.391. The van der Waals surface area contributed by atoms with E-state index in [2.05, 4.69) is 4.98 Å². The van der Waals surface area contributed by atoms with Gasteiger partial charge >= 0.3 is 6.18 Å². The molecule has 40 heavy (non-hydrogen) atoms. The summed E-state index contributed by atoms with van der Waals surface area (Å²) in [5.74, 6) is 0.286. The molecule has 3 aromatic rings. The van der Waals surface area contributed by atoms with Crippen molar-refractivity contribution in [3.63, 3.8) is 0 Å². The first-order valence-corrected chi connectivity index (χ1v) is 15.0. The van der Waals surface area contributed by atoms with Gasteiger partial charge in [0.15, 0.2) is 0 Å². The Morgan fingerprint density at radius 2 is 1.60 bits per heavy atom. The Labute approximate surface area is 234 Å². The van der Waals surface area contributed by atoms with E-state index in [9.17, 15) is 26.0 Å². The Morgan fingerprint density at radius 1 is 0.925 bits per heavy atom. The fourth-order valence-corrected chi connectivity index (χ4v) is 6.28. The van der Waals surface area contributed by atoms with Gasteiger partial charge in [0.1, 0.15) is 27.3 Å². The molecule has 2 aliphatic heterocycles. The Kier molecular flexibility index (Phi) is 7.79. The zero-order valence-electron chi connectivity index (χ0n) is 21.6. The zero-order valence-corrected chi connectivity index (χ0v) is 23.1. The lowest BCUT2D eigenvalue weighted by Gasteiger charge is -2.37. The topological polar surface area (TPSA) is 82.5 Å². The summed E-state index contributed by atoms with van der Waals surface area (Å²) < 4.78 is 78.6. The molecule has 14 heteroatoms. The summed E-state index contributed by atoms with van der Waals surface area (Å²) in [6, 6.07) is 8.32. The van der Waals surface area contributed by atoms with E-state index in [4.69, 9.17) is 21.6 Å². The summed E-state index contributed by atoms with van der Waals surface area (Å²) in [6.07, 6.45) is -1.05. The standard InChI is InChI=1S/C26H27ClF4N6O2S/c1-40(38,39)18-6-9-37(10-7-18)25-33-22(17-4-5-21(28)20(27)15-17)16-23(34-25)35-11-13-36(14-12-35)24-19(26(29,30)31)3-2-8-32-24/h2-5,8,15-16,18H,6-7,9-14H2,1H3. The number of sulfone groups is 1. The van der Waals surface area contributed by atoms with Crippen LogP contribution in [0.1, 0.15) is 18.4 Å². The molecule has 0 bridgehead atoms. The second-order valence-corrected chi connectivity index (χ2v) is 12.6. The van der Waals surface area contributed by atoms with E-state index < -0.39 is 32.6 Å². The summed E-state index contributed by atoms with van der Waals surface area (Å²) in [4.78, 5) is 18.9. The minimum Gasteiger partial charge on any atom is -0.353 e. The van der Waals surface area contributed by atoms with Gasteiger partial charge in [0.2, 0.25) is 5.95 Å². The fraction of sp³-hybridized carbons (Fsp3) is 0.423. The van der Waals surface area contributed by atoms with Gasteiger partial charge in [-0.05, 0) is 43.2 Å². The monoisotopic (exact) mass is 598 g/mol. The first-order valence-electron chi connectivity index (χ1n) is 12.7. The molecule has 0 atom stereocenters. The van der Waals surface area contributed by atoms with Gasteiger partial charge in [0.05, 0.1) is 21.5 Å². The molecule has 0 aliphatic carbocycles. The van der Waals surface area contributed by atoms with E-state index in [1.807, 2.05) is 9.80 Å². The molecule has 0 amide bonds. The van der Waals surface area contributed by atoms with Gasteiger partial charge in [-0.15, -0.1) is 0 Å². The van der Waals surface area contributed by atoms with E-state index in [1.54, 1.807) is 17.0 Å². The van der Waals surface area contributed by atoms with Gasteiger partial charge in [-0.2, -0.15) is 18.2 Å². The number of halogens is 5. The Morgan fingerprint density at radius 3 is 2.23 bits per heavy atom. The predicted octanol–water partition coefficient (Wildman–Crippen LogP) is 4.69. The maximum Gasteiger partial charge on any atom is 0.419 e. The second kappa shape index (κ2) is 11.0. The van der Waals surface area contributed by atoms with Crippen LogP contribution in [0.3, 0.4) is 0 Å². The highest BCUT2D eigenvalue weighted by Crippen LogP contribution is 2.36. The van der Waals surface area contributed by atoms with Crippen LogP contribution in [0, 0.1) is 5.82 Å². The first kappa shape index (κ1) is 28.3. The molecule has 2 fully saturated rings. The smallest absolute Gasteiger partial charge is 0.353 e. The molecule has 0 spiro atoms. The number of benzene rings is 1. The van der Waals surface area contributed by atoms with Crippen molar-refractivity contribution in [3.05, 3.63) is 59.0 Å². The third kappa shape index (κ3) is 6.09. The van der Waals surface area contributed by atoms with Crippen molar-refractivity contribution in [2.75, 3.05) is 60.2 Å². The lowest BCUT2D eigenvalue weighted by atomic mass is 10.1. The fourth-order valence-electron chi connectivity index (χ4n) is 5.03. The highest BCUT2D eigenvalue weighted by molar-refractivity contribution is 7.91. The first-order chi connectivity index (χ1) is 18.9. The SMILES string of the molecule is CS(=O)(=O)C1CCN(c2nc(-c3ccc(F)c(Cl)c3)cc(N3CCN(c4ncccc4C(F)(F)F)CC3)n2)CC1. The van der Waals surface area contributed by atoms with E-state index in [0.29, 0.717) is 62.0 Å². The summed E-state index contributed by atoms with van der Waals surface area (Å²) in [5.41, 5.74) is 0.295. The molecule has 1 aromatic carbocycles. The van der Waals surface area contributed by atoms with Crippen LogP contribution >= 0.6 is 11.6 Å². The maximum absolute atomic E-state index is 13.9. The van der Waals surface area contributed by atoms with Gasteiger partial charge in [0.25, 0.3) is 0 Å². The van der Waals surface area contributed by atoms with Crippen molar-refractivity contribution >= 4 is 39.0 Å². The van der Waals surface area contributed by atoms with Gasteiger partial charge in [0, 0.05) is 63.4 Å². The normalized spacial score (nSPS) is 17.4. The molecule has 0 unspecified atom stereocenters. The number of piperidine rings is 1. The Hall–Kier alpha value is -3.19. The third-order valence-electron chi connectivity index (χ3n) is 7.24. The minimum atomic E-state index is -4.52. The molecule has 2 aromatic heterocycles. The number of rotatable bonds is 5. The maximum atomic E-state index is 13.9. The van der Waals surface area contributed by atoms with Crippen molar-refractivity contribution in [2.45, 2.75) is 24.3 Å². The lowest BCUT2D eigenvalue weighted by Crippen LogP contribution is -2.48. The molecular formula is C26H27ClF4N6O2S. The van der Waals surface area contributed by atoms with Crippen LogP contribution in [-0.2, 0) is 16.0 Å². The van der Waals surface area contributed by atoms with Crippen LogP contribution in [0.2, 0.25) is 5.02 Å². The van der Waals surface area contributed by atoms with Gasteiger partial charge in [-0.25, -0.2) is 22.8 Å². The number of nitrogens with zero attached hydrogens (tertiary/aromatic N) is 6. The van der Waals surface area contributed by atoms with Crippen LogP contribution in [0.25, 0.3) is 11.3 Å². The highest BCUT2D eigenvalue weighted by atomic mass is 35.5. The summed E-state index contributed by atoms with van der Waals surface area (Å²) in [6.45, 7) is 2.22. The molecule has 214 valence electrons. The summed E-state index contributed by atoms with van der Waals surface area (Å²) in [5, 5.41) is -0.485. The average Bonchev–Trinajstić information content (AvgIpc) is 2.93. The molecule has 5 rings (SSSR count). The van der Waals surface area contributed by atoms with Gasteiger partial charge in [-0.1, -0.05) is 11.6 Å². The Bertz CT molecular complexity index is 1490. The average molecular weight is 599 g/mol. The molecular weight excluding hydrogens is 572 g/mol. The minimum absolute atomic E-state index is 0.0578. The molecule has 0 radical (unpaired) electrons. The van der Waals surface area contributed by atoms with E-state index >= 15 is 0 Å². The van der Waals surface area contributed by atoms with Crippen LogP contribution in [0.4, 0.5) is 35.1 Å². The molecule has 2 saturated heterocycles. The van der Waals surface area contributed by atoms with Gasteiger partial charge in [-0.3, -0.25) is 0 Å².